The van der Waals surface area contributed by atoms with Gasteiger partial charge < -0.3 is 10.3 Å². The fourth-order valence-electron chi connectivity index (χ4n) is 3.94. The zero-order valence-corrected chi connectivity index (χ0v) is 13.4. The highest BCUT2D eigenvalue weighted by Crippen LogP contribution is 2.48. The Morgan fingerprint density at radius 2 is 1.95 bits per heavy atom. The molecule has 1 aromatic heterocycles. The van der Waals surface area contributed by atoms with Crippen molar-refractivity contribution in [2.45, 2.75) is 50.5 Å². The lowest BCUT2D eigenvalue weighted by Crippen LogP contribution is -2.43. The number of rotatable bonds is 3. The van der Waals surface area contributed by atoms with Crippen molar-refractivity contribution >= 4 is 28.4 Å². The van der Waals surface area contributed by atoms with Gasteiger partial charge in [0.15, 0.2) is 0 Å². The second-order valence-electron chi connectivity index (χ2n) is 6.86. The molecule has 116 valence electrons. The number of fused-ring (bicyclic) bond motifs is 1. The van der Waals surface area contributed by atoms with Crippen molar-refractivity contribution in [3.63, 3.8) is 0 Å². The summed E-state index contributed by atoms with van der Waals surface area (Å²) in [6.45, 7) is 0. The van der Waals surface area contributed by atoms with Gasteiger partial charge in [0.25, 0.3) is 5.91 Å². The van der Waals surface area contributed by atoms with E-state index in [0.717, 1.165) is 23.7 Å². The highest BCUT2D eigenvalue weighted by Gasteiger charge is 2.50. The number of halogens is 1. The Labute approximate surface area is 135 Å². The van der Waals surface area contributed by atoms with Gasteiger partial charge in [0.2, 0.25) is 0 Å². The fraction of sp³-hybridized carbons (Fsp3) is 0.500. The van der Waals surface area contributed by atoms with Crippen molar-refractivity contribution in [3.8, 4) is 0 Å². The maximum Gasteiger partial charge on any atom is 0.268 e. The normalized spacial score (nSPS) is 21.0. The molecule has 1 amide bonds. The summed E-state index contributed by atoms with van der Waals surface area (Å²) < 4.78 is 0. The molecule has 22 heavy (non-hydrogen) atoms. The SMILES string of the molecule is O=C(NC1(C2CCCCC2)CC1)c1cc2cc(Cl)ccc2[nH]1. The molecule has 2 aliphatic carbocycles. The van der Waals surface area contributed by atoms with Crippen molar-refractivity contribution < 1.29 is 4.79 Å². The van der Waals surface area contributed by atoms with Crippen LogP contribution in [0.25, 0.3) is 10.9 Å². The van der Waals surface area contributed by atoms with E-state index in [9.17, 15) is 4.79 Å². The van der Waals surface area contributed by atoms with Crippen LogP contribution in [0.2, 0.25) is 5.02 Å². The second kappa shape index (κ2) is 5.31. The number of hydrogen-bond acceptors (Lipinski definition) is 1. The number of hydrogen-bond donors (Lipinski definition) is 2. The van der Waals surface area contributed by atoms with E-state index in [1.54, 1.807) is 0 Å². The molecular formula is C18H21ClN2O. The molecule has 0 aliphatic heterocycles. The van der Waals surface area contributed by atoms with Crippen LogP contribution >= 0.6 is 11.6 Å². The van der Waals surface area contributed by atoms with Gasteiger partial charge in [0.1, 0.15) is 5.69 Å². The zero-order valence-electron chi connectivity index (χ0n) is 12.6. The molecule has 2 aliphatic rings. The molecule has 2 aromatic rings. The van der Waals surface area contributed by atoms with Crippen LogP contribution in [-0.4, -0.2) is 16.4 Å². The Morgan fingerprint density at radius 3 is 2.68 bits per heavy atom. The summed E-state index contributed by atoms with van der Waals surface area (Å²) in [6.07, 6.45) is 8.78. The van der Waals surface area contributed by atoms with Crippen LogP contribution in [0, 0.1) is 5.92 Å². The van der Waals surface area contributed by atoms with Crippen LogP contribution in [0.15, 0.2) is 24.3 Å². The standard InChI is InChI=1S/C18H21ClN2O/c19-14-6-7-15-12(10-14)11-16(20-15)17(22)21-18(8-9-18)13-4-2-1-3-5-13/h6-7,10-11,13,20H,1-5,8-9H2,(H,21,22). The van der Waals surface area contributed by atoms with E-state index < -0.39 is 0 Å². The van der Waals surface area contributed by atoms with Gasteiger partial charge in [-0.05, 0) is 55.9 Å². The van der Waals surface area contributed by atoms with E-state index in [-0.39, 0.29) is 11.4 Å². The third-order valence-electron chi connectivity index (χ3n) is 5.37. The Morgan fingerprint density at radius 1 is 1.18 bits per heavy atom. The maximum absolute atomic E-state index is 12.6. The molecule has 1 heterocycles. The number of aromatic nitrogens is 1. The Hall–Kier alpha value is -1.48. The number of benzene rings is 1. The number of carbonyl (C=O) groups is 1. The summed E-state index contributed by atoms with van der Waals surface area (Å²) in [5.41, 5.74) is 1.67. The molecule has 2 saturated carbocycles. The average molecular weight is 317 g/mol. The average Bonchev–Trinajstić information content (AvgIpc) is 3.18. The van der Waals surface area contributed by atoms with E-state index in [0.29, 0.717) is 16.6 Å². The van der Waals surface area contributed by atoms with E-state index in [4.69, 9.17) is 11.6 Å². The Kier molecular flexibility index (Phi) is 3.41. The predicted octanol–water partition coefficient (Wildman–Crippen LogP) is 4.66. The summed E-state index contributed by atoms with van der Waals surface area (Å²) in [5, 5.41) is 5.01. The minimum atomic E-state index is 0.0235. The number of aromatic amines is 1. The van der Waals surface area contributed by atoms with Crippen molar-refractivity contribution in [1.82, 2.24) is 10.3 Å². The largest absolute Gasteiger partial charge is 0.351 e. The fourth-order valence-corrected chi connectivity index (χ4v) is 4.12. The van der Waals surface area contributed by atoms with Crippen molar-refractivity contribution in [2.24, 2.45) is 5.92 Å². The second-order valence-corrected chi connectivity index (χ2v) is 7.30. The lowest BCUT2D eigenvalue weighted by Gasteiger charge is -2.31. The molecule has 1 aromatic carbocycles. The zero-order chi connectivity index (χ0) is 15.2. The molecule has 0 unspecified atom stereocenters. The highest BCUT2D eigenvalue weighted by molar-refractivity contribution is 6.31. The molecule has 0 radical (unpaired) electrons. The van der Waals surface area contributed by atoms with Gasteiger partial charge in [-0.1, -0.05) is 30.9 Å². The smallest absolute Gasteiger partial charge is 0.268 e. The number of carbonyl (C=O) groups excluding carboxylic acids is 1. The minimum Gasteiger partial charge on any atom is -0.351 e. The van der Waals surface area contributed by atoms with Gasteiger partial charge in [-0.3, -0.25) is 4.79 Å². The molecule has 2 fully saturated rings. The summed E-state index contributed by atoms with van der Waals surface area (Å²) >= 11 is 6.01. The molecule has 2 N–H and O–H groups in total. The van der Waals surface area contributed by atoms with Gasteiger partial charge in [-0.2, -0.15) is 0 Å². The third kappa shape index (κ3) is 2.52. The predicted molar refractivity (Wildman–Crippen MR) is 89.3 cm³/mol. The van der Waals surface area contributed by atoms with Crippen LogP contribution in [0.5, 0.6) is 0 Å². The first-order valence-electron chi connectivity index (χ1n) is 8.27. The highest BCUT2D eigenvalue weighted by atomic mass is 35.5. The van der Waals surface area contributed by atoms with E-state index >= 15 is 0 Å². The molecule has 0 saturated heterocycles. The first kappa shape index (κ1) is 14.1. The monoisotopic (exact) mass is 316 g/mol. The Balaban J connectivity index is 1.53. The van der Waals surface area contributed by atoms with Gasteiger partial charge in [0.05, 0.1) is 0 Å². The third-order valence-corrected chi connectivity index (χ3v) is 5.60. The quantitative estimate of drug-likeness (QED) is 0.849. The van der Waals surface area contributed by atoms with E-state index in [1.807, 2.05) is 24.3 Å². The van der Waals surface area contributed by atoms with Crippen LogP contribution in [0.4, 0.5) is 0 Å². The number of H-pyrrole nitrogens is 1. The molecule has 0 spiro atoms. The molecule has 0 bridgehead atoms. The lowest BCUT2D eigenvalue weighted by molar-refractivity contribution is 0.0898. The van der Waals surface area contributed by atoms with E-state index in [2.05, 4.69) is 10.3 Å². The van der Waals surface area contributed by atoms with Crippen LogP contribution < -0.4 is 5.32 Å². The van der Waals surface area contributed by atoms with Gasteiger partial charge in [-0.25, -0.2) is 0 Å². The van der Waals surface area contributed by atoms with Crippen molar-refractivity contribution in [1.29, 1.82) is 0 Å². The summed E-state index contributed by atoms with van der Waals surface area (Å²) in [7, 11) is 0. The first-order chi connectivity index (χ1) is 10.7. The van der Waals surface area contributed by atoms with E-state index in [1.165, 1.54) is 32.1 Å². The van der Waals surface area contributed by atoms with Crippen LogP contribution in [-0.2, 0) is 0 Å². The van der Waals surface area contributed by atoms with Crippen LogP contribution in [0.3, 0.4) is 0 Å². The molecule has 4 rings (SSSR count). The maximum atomic E-state index is 12.6. The summed E-state index contributed by atoms with van der Waals surface area (Å²) in [4.78, 5) is 15.8. The molecule has 0 atom stereocenters. The Bertz CT molecular complexity index is 711. The summed E-state index contributed by atoms with van der Waals surface area (Å²) in [6, 6.07) is 7.54. The number of nitrogens with one attached hydrogen (secondary N) is 2. The van der Waals surface area contributed by atoms with Crippen LogP contribution in [0.1, 0.15) is 55.4 Å². The van der Waals surface area contributed by atoms with Gasteiger partial charge >= 0.3 is 0 Å². The number of amides is 1. The molecular weight excluding hydrogens is 296 g/mol. The lowest BCUT2D eigenvalue weighted by atomic mass is 9.82. The van der Waals surface area contributed by atoms with Crippen molar-refractivity contribution in [3.05, 3.63) is 35.0 Å². The molecule has 3 nitrogen and oxygen atoms in total. The first-order valence-corrected chi connectivity index (χ1v) is 8.65. The summed E-state index contributed by atoms with van der Waals surface area (Å²) in [5.74, 6) is 0.694. The van der Waals surface area contributed by atoms with Gasteiger partial charge in [-0.15, -0.1) is 0 Å². The van der Waals surface area contributed by atoms with Gasteiger partial charge in [0, 0.05) is 21.5 Å². The van der Waals surface area contributed by atoms with Crippen molar-refractivity contribution in [2.75, 3.05) is 0 Å². The minimum absolute atomic E-state index is 0.0235. The topological polar surface area (TPSA) is 44.9 Å². The molecule has 4 heteroatoms.